The Kier molecular flexibility index (Phi) is 6.03. The van der Waals surface area contributed by atoms with Gasteiger partial charge in [-0.3, -0.25) is 0 Å². The van der Waals surface area contributed by atoms with Crippen LogP contribution in [0, 0.1) is 0 Å². The molecule has 3 saturated heterocycles. The molecule has 0 aromatic rings. The SMILES string of the molecule is F[P-](F)(F)(F)(F)F.NO[P+](N1CCCC1)(N1CCCC1)N1CCCC1. The number of nitrogens with zero attached hydrogens (tertiary/aromatic N) is 3. The predicted octanol–water partition coefficient (Wildman–Crippen LogP) is 5.22. The molecule has 3 aliphatic rings. The summed E-state index contributed by atoms with van der Waals surface area (Å²) in [4.78, 5) is 0. The summed E-state index contributed by atoms with van der Waals surface area (Å²) < 4.78 is 72.7. The standard InChI is InChI=1S/C12H26N4OP.F6P/c13-17-18(14-7-1-2-8-14,15-9-3-4-10-15)16-11-5-6-12-16;1-7(2,3,4,5)6/h1-13H2;/q+1;-1. The predicted molar refractivity (Wildman–Crippen MR) is 88.2 cm³/mol. The largest absolute Gasteiger partial charge is 0.394 e. The number of nitrogens with two attached hydrogens (primary N) is 1. The molecule has 0 radical (unpaired) electrons. The fourth-order valence-electron chi connectivity index (χ4n) is 3.62. The Morgan fingerprint density at radius 2 is 0.800 bits per heavy atom. The van der Waals surface area contributed by atoms with E-state index in [0.717, 1.165) is 39.3 Å². The van der Waals surface area contributed by atoms with E-state index >= 15 is 0 Å². The third-order valence-electron chi connectivity index (χ3n) is 4.49. The summed E-state index contributed by atoms with van der Waals surface area (Å²) in [6.45, 7) is 6.99. The molecule has 0 unspecified atom stereocenters. The molecule has 3 aliphatic heterocycles. The second kappa shape index (κ2) is 7.00. The molecule has 0 atom stereocenters. The molecule has 0 aliphatic carbocycles. The van der Waals surface area contributed by atoms with Crippen LogP contribution in [0.3, 0.4) is 0 Å². The van der Waals surface area contributed by atoms with E-state index in [1.165, 1.54) is 38.5 Å². The molecule has 3 fully saturated rings. The smallest absolute Gasteiger partial charge is 0.170 e. The summed E-state index contributed by atoms with van der Waals surface area (Å²) in [6.07, 6.45) is 7.79. The monoisotopic (exact) mass is 418 g/mol. The van der Waals surface area contributed by atoms with Crippen LogP contribution in [0.5, 0.6) is 0 Å². The molecule has 152 valence electrons. The summed E-state index contributed by atoms with van der Waals surface area (Å²) in [5.74, 6) is 5.87. The fraction of sp³-hybridized carbons (Fsp3) is 1.00. The Labute approximate surface area is 144 Å². The molecule has 0 saturated carbocycles. The van der Waals surface area contributed by atoms with Crippen LogP contribution in [0.15, 0.2) is 0 Å². The van der Waals surface area contributed by atoms with E-state index in [0.29, 0.717) is 0 Å². The third-order valence-corrected chi connectivity index (χ3v) is 8.19. The van der Waals surface area contributed by atoms with Crippen molar-refractivity contribution < 1.29 is 29.8 Å². The Balaban J connectivity index is 0.000000277. The molecule has 3 heterocycles. The van der Waals surface area contributed by atoms with E-state index in [4.69, 9.17) is 10.5 Å². The van der Waals surface area contributed by atoms with Gasteiger partial charge in [0.15, 0.2) is 0 Å². The van der Waals surface area contributed by atoms with Crippen LogP contribution in [0.4, 0.5) is 25.2 Å². The Morgan fingerprint density at radius 1 is 0.600 bits per heavy atom. The molecular formula is C12H26F6N4OP2. The Hall–Kier alpha value is 0.240. The molecule has 13 heteroatoms. The average Bonchev–Trinajstić information content (AvgIpc) is 3.22. The van der Waals surface area contributed by atoms with Gasteiger partial charge < -0.3 is 0 Å². The van der Waals surface area contributed by atoms with Gasteiger partial charge >= 0.3 is 40.9 Å². The number of rotatable bonds is 4. The molecular weight excluding hydrogens is 392 g/mol. The van der Waals surface area contributed by atoms with Crippen molar-refractivity contribution in [1.82, 2.24) is 14.0 Å². The van der Waals surface area contributed by atoms with Crippen LogP contribution >= 0.6 is 15.8 Å². The second-order valence-electron chi connectivity index (χ2n) is 6.56. The molecule has 0 aromatic heterocycles. The maximum atomic E-state index is 9.87. The van der Waals surface area contributed by atoms with Crippen molar-refractivity contribution in [1.29, 1.82) is 0 Å². The van der Waals surface area contributed by atoms with Gasteiger partial charge in [0, 0.05) is 39.3 Å². The minimum absolute atomic E-state index is 1.16. The van der Waals surface area contributed by atoms with Crippen LogP contribution in [0.25, 0.3) is 0 Å². The minimum Gasteiger partial charge on any atom is -0.170 e. The number of hydrogen-bond acceptors (Lipinski definition) is 5. The zero-order chi connectivity index (χ0) is 18.8. The normalized spacial score (nSPS) is 27.0. The second-order valence-corrected chi connectivity index (χ2v) is 11.4. The molecule has 0 aromatic carbocycles. The van der Waals surface area contributed by atoms with Crippen molar-refractivity contribution in [2.75, 3.05) is 39.3 Å². The minimum atomic E-state index is -10.7. The van der Waals surface area contributed by atoms with Gasteiger partial charge in [-0.1, -0.05) is 4.62 Å². The molecule has 25 heavy (non-hydrogen) atoms. The maximum absolute atomic E-state index is 10.7. The van der Waals surface area contributed by atoms with Crippen molar-refractivity contribution >= 4 is 15.8 Å². The average molecular weight is 418 g/mol. The van der Waals surface area contributed by atoms with Crippen molar-refractivity contribution in [3.63, 3.8) is 0 Å². The van der Waals surface area contributed by atoms with Crippen LogP contribution < -0.4 is 5.90 Å². The van der Waals surface area contributed by atoms with E-state index in [1.807, 2.05) is 0 Å². The Morgan fingerprint density at radius 3 is 0.960 bits per heavy atom. The number of hydrogen-bond donors (Lipinski definition) is 1. The molecule has 2 N–H and O–H groups in total. The van der Waals surface area contributed by atoms with Crippen molar-refractivity contribution in [3.05, 3.63) is 0 Å². The Bertz CT molecular complexity index is 395. The van der Waals surface area contributed by atoms with E-state index in [9.17, 15) is 25.2 Å². The zero-order valence-corrected chi connectivity index (χ0v) is 15.8. The quantitative estimate of drug-likeness (QED) is 0.385. The first-order chi connectivity index (χ1) is 11.3. The summed E-state index contributed by atoms with van der Waals surface area (Å²) in [6, 6.07) is 0. The van der Waals surface area contributed by atoms with Gasteiger partial charge in [0.25, 0.3) is 0 Å². The van der Waals surface area contributed by atoms with E-state index in [2.05, 4.69) is 14.0 Å². The molecule has 0 spiro atoms. The van der Waals surface area contributed by atoms with Gasteiger partial charge in [-0.05, 0) is 38.5 Å². The van der Waals surface area contributed by atoms with E-state index < -0.39 is 15.8 Å². The van der Waals surface area contributed by atoms with Crippen molar-refractivity contribution in [2.45, 2.75) is 38.5 Å². The summed E-state index contributed by atoms with van der Waals surface area (Å²) >= 11 is 0. The third kappa shape index (κ3) is 6.72. The van der Waals surface area contributed by atoms with Gasteiger partial charge in [0.1, 0.15) is 0 Å². The number of halogens is 6. The zero-order valence-electron chi connectivity index (χ0n) is 14.0. The van der Waals surface area contributed by atoms with E-state index in [-0.39, 0.29) is 0 Å². The van der Waals surface area contributed by atoms with E-state index in [1.54, 1.807) is 0 Å². The first kappa shape index (κ1) is 21.5. The van der Waals surface area contributed by atoms with Gasteiger partial charge in [-0.15, -0.1) is 14.0 Å². The molecule has 3 rings (SSSR count). The van der Waals surface area contributed by atoms with Crippen LogP contribution in [0.2, 0.25) is 0 Å². The van der Waals surface area contributed by atoms with Crippen LogP contribution in [-0.2, 0) is 4.62 Å². The van der Waals surface area contributed by atoms with Crippen LogP contribution in [0.1, 0.15) is 38.5 Å². The van der Waals surface area contributed by atoms with Crippen molar-refractivity contribution in [2.24, 2.45) is 5.90 Å². The molecule has 0 bridgehead atoms. The first-order valence-corrected chi connectivity index (χ1v) is 12.0. The maximum Gasteiger partial charge on any atom is 0.394 e. The fourth-order valence-corrected chi connectivity index (χ4v) is 7.50. The van der Waals surface area contributed by atoms with Gasteiger partial charge in [-0.25, -0.2) is 0 Å². The summed E-state index contributed by atoms with van der Waals surface area (Å²) in [5, 5.41) is 0. The van der Waals surface area contributed by atoms with Gasteiger partial charge in [-0.2, -0.15) is 5.90 Å². The summed E-state index contributed by atoms with van der Waals surface area (Å²) in [7, 11) is -12.5. The molecule has 0 amide bonds. The topological polar surface area (TPSA) is 45.0 Å². The molecule has 5 nitrogen and oxygen atoms in total. The first-order valence-electron chi connectivity index (χ1n) is 8.43. The summed E-state index contributed by atoms with van der Waals surface area (Å²) in [5.41, 5.74) is 0. The van der Waals surface area contributed by atoms with Crippen molar-refractivity contribution in [3.8, 4) is 0 Å². The van der Waals surface area contributed by atoms with Crippen LogP contribution in [-0.4, -0.2) is 53.3 Å². The van der Waals surface area contributed by atoms with Gasteiger partial charge in [0.05, 0.1) is 0 Å². The van der Waals surface area contributed by atoms with Gasteiger partial charge in [0.2, 0.25) is 0 Å².